The van der Waals surface area contributed by atoms with Crippen molar-refractivity contribution >= 4 is 16.3 Å². The predicted molar refractivity (Wildman–Crippen MR) is 121 cm³/mol. The Balaban J connectivity index is 1.27. The molecule has 3 nitrogen and oxygen atoms in total. The summed E-state index contributed by atoms with van der Waals surface area (Å²) in [4.78, 5) is 4.34. The highest BCUT2D eigenvalue weighted by Gasteiger charge is 2.34. The topological polar surface area (TPSA) is 37.5 Å². The molecule has 1 atom stereocenters. The van der Waals surface area contributed by atoms with Gasteiger partial charge in [-0.1, -0.05) is 42.5 Å². The number of rotatable bonds is 4. The number of aromatic nitrogens is 2. The molecule has 2 heterocycles. The van der Waals surface area contributed by atoms with Gasteiger partial charge in [-0.3, -0.25) is 0 Å². The van der Waals surface area contributed by atoms with Crippen molar-refractivity contribution in [2.45, 2.75) is 56.5 Å². The second kappa shape index (κ2) is 7.24. The van der Waals surface area contributed by atoms with Crippen molar-refractivity contribution in [3.63, 3.8) is 0 Å². The summed E-state index contributed by atoms with van der Waals surface area (Å²) >= 11 is 0. The van der Waals surface area contributed by atoms with E-state index in [4.69, 9.17) is 0 Å². The lowest BCUT2D eigenvalue weighted by Crippen LogP contribution is -2.21. The first-order valence-electron chi connectivity index (χ1n) is 11.4. The van der Waals surface area contributed by atoms with Crippen LogP contribution in [0.2, 0.25) is 0 Å². The van der Waals surface area contributed by atoms with E-state index in [1.54, 1.807) is 0 Å². The molecule has 0 saturated heterocycles. The normalized spacial score (nSPS) is 23.1. The van der Waals surface area contributed by atoms with Crippen molar-refractivity contribution in [3.8, 4) is 0 Å². The van der Waals surface area contributed by atoms with Crippen LogP contribution >= 0.6 is 0 Å². The van der Waals surface area contributed by atoms with Gasteiger partial charge in [-0.15, -0.1) is 0 Å². The first-order valence-corrected chi connectivity index (χ1v) is 11.4. The Hall–Kier alpha value is -2.65. The third-order valence-corrected chi connectivity index (χ3v) is 7.46. The molecule has 0 radical (unpaired) electrons. The molecule has 4 aromatic rings. The predicted octanol–water partition coefficient (Wildman–Crippen LogP) is 6.37. The zero-order valence-electron chi connectivity index (χ0n) is 17.2. The Labute approximate surface area is 177 Å². The largest absolute Gasteiger partial charge is 0.388 e. The maximum Gasteiger partial charge on any atom is 0.0992 e. The smallest absolute Gasteiger partial charge is 0.0992 e. The van der Waals surface area contributed by atoms with Crippen LogP contribution in [0.15, 0.2) is 67.3 Å². The van der Waals surface area contributed by atoms with Crippen LogP contribution in [0.1, 0.15) is 73.2 Å². The van der Waals surface area contributed by atoms with E-state index in [-0.39, 0.29) is 0 Å². The van der Waals surface area contributed by atoms with Gasteiger partial charge in [-0.25, -0.2) is 4.98 Å². The number of hydrogen-bond acceptors (Lipinski definition) is 2. The van der Waals surface area contributed by atoms with E-state index in [9.17, 15) is 5.11 Å². The zero-order valence-corrected chi connectivity index (χ0v) is 17.2. The van der Waals surface area contributed by atoms with Gasteiger partial charge in [0.15, 0.2) is 0 Å². The summed E-state index contributed by atoms with van der Waals surface area (Å²) in [6.07, 6.45) is 12.4. The van der Waals surface area contributed by atoms with Crippen molar-refractivity contribution in [1.29, 1.82) is 0 Å². The van der Waals surface area contributed by atoms with E-state index in [0.717, 1.165) is 36.8 Å². The molecule has 152 valence electrons. The Morgan fingerprint density at radius 1 is 0.833 bits per heavy atom. The standard InChI is InChI=1S/C27H28N2O/c30-27(26-24(20-8-9-20)14-15-29-17-28-16-25(26)29)21-12-10-19(11-13-21)23-7-3-5-18-4-1-2-6-22(18)23/h1-7,14-17,19-21,27,30H,8-13H2. The number of fused-ring (bicyclic) bond motifs is 2. The number of hydrogen-bond donors (Lipinski definition) is 1. The Morgan fingerprint density at radius 3 is 2.40 bits per heavy atom. The lowest BCUT2D eigenvalue weighted by molar-refractivity contribution is 0.0811. The van der Waals surface area contributed by atoms with Crippen molar-refractivity contribution in [2.75, 3.05) is 0 Å². The zero-order chi connectivity index (χ0) is 20.1. The van der Waals surface area contributed by atoms with Crippen LogP contribution < -0.4 is 0 Å². The number of nitrogens with zero attached hydrogens (tertiary/aromatic N) is 2. The van der Waals surface area contributed by atoms with Gasteiger partial charge in [0.1, 0.15) is 0 Å². The molecule has 1 N–H and O–H groups in total. The third kappa shape index (κ3) is 3.04. The van der Waals surface area contributed by atoms with Crippen molar-refractivity contribution in [1.82, 2.24) is 9.38 Å². The molecule has 1 unspecified atom stereocenters. The van der Waals surface area contributed by atoms with Gasteiger partial charge in [-0.05, 0) is 84.2 Å². The summed E-state index contributed by atoms with van der Waals surface area (Å²) < 4.78 is 2.06. The van der Waals surface area contributed by atoms with E-state index < -0.39 is 6.10 Å². The average molecular weight is 397 g/mol. The minimum atomic E-state index is -0.394. The van der Waals surface area contributed by atoms with Crippen molar-refractivity contribution < 1.29 is 5.11 Å². The summed E-state index contributed by atoms with van der Waals surface area (Å²) in [7, 11) is 0. The molecule has 2 aliphatic carbocycles. The van der Waals surface area contributed by atoms with Crippen molar-refractivity contribution in [2.24, 2.45) is 5.92 Å². The van der Waals surface area contributed by atoms with Gasteiger partial charge < -0.3 is 9.51 Å². The van der Waals surface area contributed by atoms with Crippen LogP contribution in [0, 0.1) is 5.92 Å². The van der Waals surface area contributed by atoms with Crippen LogP contribution in [-0.2, 0) is 0 Å². The third-order valence-electron chi connectivity index (χ3n) is 7.46. The number of benzene rings is 2. The summed E-state index contributed by atoms with van der Waals surface area (Å²) in [5, 5.41) is 14.2. The Bertz CT molecular complexity index is 1190. The molecule has 0 bridgehead atoms. The maximum atomic E-state index is 11.5. The minimum Gasteiger partial charge on any atom is -0.388 e. The van der Waals surface area contributed by atoms with Crippen LogP contribution in [-0.4, -0.2) is 14.5 Å². The van der Waals surface area contributed by atoms with Gasteiger partial charge in [-0.2, -0.15) is 0 Å². The van der Waals surface area contributed by atoms with Crippen LogP contribution in [0.4, 0.5) is 0 Å². The van der Waals surface area contributed by atoms with Gasteiger partial charge >= 0.3 is 0 Å². The Morgan fingerprint density at radius 2 is 1.57 bits per heavy atom. The fourth-order valence-corrected chi connectivity index (χ4v) is 5.69. The molecule has 2 aromatic heterocycles. The molecular weight excluding hydrogens is 368 g/mol. The molecule has 2 fully saturated rings. The van der Waals surface area contributed by atoms with E-state index in [1.165, 1.54) is 34.7 Å². The van der Waals surface area contributed by atoms with Crippen LogP contribution in [0.5, 0.6) is 0 Å². The quantitative estimate of drug-likeness (QED) is 0.435. The molecule has 2 aromatic carbocycles. The first kappa shape index (κ1) is 18.1. The molecule has 3 heteroatoms. The second-order valence-electron chi connectivity index (χ2n) is 9.27. The fraction of sp³-hybridized carbons (Fsp3) is 0.370. The molecule has 2 aliphatic rings. The summed E-state index contributed by atoms with van der Waals surface area (Å²) in [5.41, 5.74) is 5.07. The molecule has 6 rings (SSSR count). The molecule has 0 amide bonds. The fourth-order valence-electron chi connectivity index (χ4n) is 5.69. The van der Waals surface area contributed by atoms with Crippen molar-refractivity contribution in [3.05, 3.63) is 83.9 Å². The molecular formula is C27H28N2O. The summed E-state index contributed by atoms with van der Waals surface area (Å²) in [6, 6.07) is 17.7. The molecule has 2 saturated carbocycles. The Kier molecular flexibility index (Phi) is 4.38. The molecule has 0 spiro atoms. The minimum absolute atomic E-state index is 0.329. The van der Waals surface area contributed by atoms with Gasteiger partial charge in [0.25, 0.3) is 0 Å². The first-order chi connectivity index (χ1) is 14.8. The summed E-state index contributed by atoms with van der Waals surface area (Å²) in [6.45, 7) is 0. The highest BCUT2D eigenvalue weighted by atomic mass is 16.3. The number of pyridine rings is 1. The van der Waals surface area contributed by atoms with E-state index in [0.29, 0.717) is 17.8 Å². The summed E-state index contributed by atoms with van der Waals surface area (Å²) in [5.74, 6) is 1.55. The molecule has 0 aliphatic heterocycles. The van der Waals surface area contributed by atoms with E-state index in [1.807, 2.05) is 12.5 Å². The molecule has 30 heavy (non-hydrogen) atoms. The van der Waals surface area contributed by atoms with Gasteiger partial charge in [0, 0.05) is 11.8 Å². The maximum absolute atomic E-state index is 11.5. The number of aliphatic hydroxyl groups is 1. The lowest BCUT2D eigenvalue weighted by Gasteiger charge is -2.33. The van der Waals surface area contributed by atoms with E-state index in [2.05, 4.69) is 64.1 Å². The van der Waals surface area contributed by atoms with Gasteiger partial charge in [0.05, 0.1) is 24.1 Å². The second-order valence-corrected chi connectivity index (χ2v) is 9.27. The average Bonchev–Trinajstić information content (AvgIpc) is 3.54. The van der Waals surface area contributed by atoms with Gasteiger partial charge in [0.2, 0.25) is 0 Å². The number of imidazole rings is 1. The monoisotopic (exact) mass is 396 g/mol. The highest BCUT2D eigenvalue weighted by Crippen LogP contribution is 2.48. The number of aliphatic hydroxyl groups excluding tert-OH is 1. The highest BCUT2D eigenvalue weighted by molar-refractivity contribution is 5.86. The lowest BCUT2D eigenvalue weighted by atomic mass is 9.74. The van der Waals surface area contributed by atoms with E-state index >= 15 is 0 Å². The SMILES string of the molecule is OC(c1c(C2CC2)ccn2cncc12)C1CCC(c2cccc3ccccc23)CC1. The van der Waals surface area contributed by atoms with Crippen LogP contribution in [0.25, 0.3) is 16.3 Å². The van der Waals surface area contributed by atoms with Crippen LogP contribution in [0.3, 0.4) is 0 Å².